The van der Waals surface area contributed by atoms with E-state index in [1.165, 1.54) is 22.0 Å². The third kappa shape index (κ3) is 3.73. The number of benzene rings is 1. The van der Waals surface area contributed by atoms with Crippen LogP contribution in [-0.2, 0) is 13.1 Å². The Labute approximate surface area is 122 Å². The lowest BCUT2D eigenvalue weighted by atomic mass is 10.1. The monoisotopic (exact) mass is 270 g/mol. The lowest BCUT2D eigenvalue weighted by molar-refractivity contribution is 0.552. The first kappa shape index (κ1) is 14.9. The summed E-state index contributed by atoms with van der Waals surface area (Å²) >= 11 is 0. The number of allylic oxidation sites excluding steroid dienone is 1. The predicted molar refractivity (Wildman–Crippen MR) is 87.9 cm³/mol. The van der Waals surface area contributed by atoms with Gasteiger partial charge in [-0.3, -0.25) is 0 Å². The minimum atomic E-state index is 0.694. The second kappa shape index (κ2) is 6.76. The second-order valence-corrected chi connectivity index (χ2v) is 5.97. The summed E-state index contributed by atoms with van der Waals surface area (Å²) in [4.78, 5) is 0. The quantitative estimate of drug-likeness (QED) is 0.740. The van der Waals surface area contributed by atoms with Crippen LogP contribution in [0.15, 0.2) is 42.6 Å². The van der Waals surface area contributed by atoms with Gasteiger partial charge in [-0.05, 0) is 48.0 Å². The van der Waals surface area contributed by atoms with Crippen LogP contribution in [0.1, 0.15) is 32.8 Å². The normalized spacial score (nSPS) is 11.4. The zero-order valence-electron chi connectivity index (χ0n) is 12.9. The van der Waals surface area contributed by atoms with Crippen LogP contribution < -0.4 is 5.32 Å². The maximum absolute atomic E-state index is 4.10. The van der Waals surface area contributed by atoms with Crippen LogP contribution in [0, 0.1) is 5.92 Å². The Morgan fingerprint density at radius 1 is 1.30 bits per heavy atom. The molecule has 0 bridgehead atoms. The predicted octanol–water partition coefficient (Wildman–Crippen LogP) is 4.35. The molecular weight excluding hydrogens is 244 g/mol. The highest BCUT2D eigenvalue weighted by molar-refractivity contribution is 5.81. The summed E-state index contributed by atoms with van der Waals surface area (Å²) in [5, 5.41) is 4.81. The maximum Gasteiger partial charge on any atom is 0.0483 e. The van der Waals surface area contributed by atoms with Gasteiger partial charge in [-0.1, -0.05) is 39.0 Å². The molecule has 1 N–H and O–H groups in total. The number of nitrogens with one attached hydrogen (secondary N) is 1. The van der Waals surface area contributed by atoms with E-state index >= 15 is 0 Å². The van der Waals surface area contributed by atoms with Crippen molar-refractivity contribution >= 4 is 10.9 Å². The van der Waals surface area contributed by atoms with Gasteiger partial charge in [0, 0.05) is 24.8 Å². The lowest BCUT2D eigenvalue weighted by Crippen LogP contribution is -2.18. The van der Waals surface area contributed by atoms with Gasteiger partial charge in [0.1, 0.15) is 0 Å². The van der Waals surface area contributed by atoms with Crippen molar-refractivity contribution in [3.05, 3.63) is 48.2 Å². The van der Waals surface area contributed by atoms with Crippen molar-refractivity contribution in [2.45, 2.75) is 40.3 Å². The summed E-state index contributed by atoms with van der Waals surface area (Å²) in [5.74, 6) is 0.694. The fraction of sp³-hybridized carbons (Fsp3) is 0.444. The van der Waals surface area contributed by atoms with Crippen molar-refractivity contribution in [1.82, 2.24) is 9.88 Å². The van der Waals surface area contributed by atoms with E-state index in [4.69, 9.17) is 0 Å². The summed E-state index contributed by atoms with van der Waals surface area (Å²) in [6.45, 7) is 13.7. The number of aromatic nitrogens is 1. The van der Waals surface area contributed by atoms with Crippen molar-refractivity contribution in [1.29, 1.82) is 0 Å². The lowest BCUT2D eigenvalue weighted by Gasteiger charge is -2.09. The Kier molecular flexibility index (Phi) is 5.02. The average Bonchev–Trinajstić information content (AvgIpc) is 2.81. The van der Waals surface area contributed by atoms with Gasteiger partial charge in [0.15, 0.2) is 0 Å². The van der Waals surface area contributed by atoms with Crippen molar-refractivity contribution in [2.24, 2.45) is 5.92 Å². The molecule has 2 nitrogen and oxygen atoms in total. The maximum atomic E-state index is 4.10. The molecule has 2 aromatic rings. The average molecular weight is 270 g/mol. The molecule has 20 heavy (non-hydrogen) atoms. The Hall–Kier alpha value is -1.54. The molecule has 0 spiro atoms. The van der Waals surface area contributed by atoms with Crippen molar-refractivity contribution in [3.63, 3.8) is 0 Å². The smallest absolute Gasteiger partial charge is 0.0483 e. The third-order valence-corrected chi connectivity index (χ3v) is 3.61. The minimum absolute atomic E-state index is 0.694. The largest absolute Gasteiger partial charge is 0.343 e. The van der Waals surface area contributed by atoms with Gasteiger partial charge >= 0.3 is 0 Å². The zero-order chi connectivity index (χ0) is 14.5. The third-order valence-electron chi connectivity index (χ3n) is 3.61. The number of hydrogen-bond acceptors (Lipinski definition) is 1. The van der Waals surface area contributed by atoms with Gasteiger partial charge in [-0.2, -0.15) is 0 Å². The first-order valence-corrected chi connectivity index (χ1v) is 7.55. The van der Waals surface area contributed by atoms with Gasteiger partial charge in [-0.25, -0.2) is 0 Å². The van der Waals surface area contributed by atoms with Crippen LogP contribution in [0.2, 0.25) is 0 Å². The highest BCUT2D eigenvalue weighted by Crippen LogP contribution is 2.19. The van der Waals surface area contributed by atoms with Gasteiger partial charge in [0.2, 0.25) is 0 Å². The first-order chi connectivity index (χ1) is 9.60. The van der Waals surface area contributed by atoms with E-state index in [9.17, 15) is 0 Å². The molecule has 0 saturated carbocycles. The molecular formula is C18H26N2. The van der Waals surface area contributed by atoms with Gasteiger partial charge in [0.25, 0.3) is 0 Å². The highest BCUT2D eigenvalue weighted by atomic mass is 14.9. The Bertz CT molecular complexity index is 578. The Balaban J connectivity index is 2.09. The molecule has 0 unspecified atom stereocenters. The second-order valence-electron chi connectivity index (χ2n) is 5.97. The van der Waals surface area contributed by atoms with E-state index in [2.05, 4.69) is 67.7 Å². The highest BCUT2D eigenvalue weighted by Gasteiger charge is 2.03. The van der Waals surface area contributed by atoms with Crippen LogP contribution in [0.4, 0.5) is 0 Å². The minimum Gasteiger partial charge on any atom is -0.343 e. The van der Waals surface area contributed by atoms with E-state index in [0.717, 1.165) is 26.1 Å². The molecule has 2 heteroatoms. The molecule has 0 amide bonds. The molecule has 0 atom stereocenters. The number of hydrogen-bond donors (Lipinski definition) is 1. The molecule has 0 aliphatic carbocycles. The fourth-order valence-electron chi connectivity index (χ4n) is 2.36. The number of nitrogens with zero attached hydrogens (tertiary/aromatic N) is 1. The fourth-order valence-corrected chi connectivity index (χ4v) is 2.36. The van der Waals surface area contributed by atoms with E-state index in [-0.39, 0.29) is 0 Å². The van der Waals surface area contributed by atoms with Gasteiger partial charge in [-0.15, -0.1) is 0 Å². The molecule has 0 aliphatic rings. The Morgan fingerprint density at radius 2 is 2.10 bits per heavy atom. The standard InChI is InChI=1S/C18H26N2/c1-5-15(4)13-20-9-8-17-10-16(6-7-18(17)20)12-19-11-14(2)3/h6-10,14,19H,4-5,11-13H2,1-3H3. The van der Waals surface area contributed by atoms with Crippen LogP contribution in [0.3, 0.4) is 0 Å². The van der Waals surface area contributed by atoms with E-state index in [0.29, 0.717) is 5.92 Å². The summed E-state index contributed by atoms with van der Waals surface area (Å²) in [6, 6.07) is 8.93. The van der Waals surface area contributed by atoms with Crippen LogP contribution in [-0.4, -0.2) is 11.1 Å². The number of fused-ring (bicyclic) bond motifs is 1. The zero-order valence-corrected chi connectivity index (χ0v) is 12.9. The molecule has 1 aromatic heterocycles. The summed E-state index contributed by atoms with van der Waals surface area (Å²) in [6.07, 6.45) is 3.20. The van der Waals surface area contributed by atoms with Crippen molar-refractivity contribution in [2.75, 3.05) is 6.54 Å². The molecule has 0 radical (unpaired) electrons. The summed E-state index contributed by atoms with van der Waals surface area (Å²) < 4.78 is 2.28. The van der Waals surface area contributed by atoms with Crippen LogP contribution in [0.5, 0.6) is 0 Å². The molecule has 108 valence electrons. The van der Waals surface area contributed by atoms with E-state index < -0.39 is 0 Å². The molecule has 1 aromatic carbocycles. The molecule has 0 saturated heterocycles. The number of rotatable bonds is 7. The van der Waals surface area contributed by atoms with Crippen LogP contribution >= 0.6 is 0 Å². The Morgan fingerprint density at radius 3 is 2.80 bits per heavy atom. The summed E-state index contributed by atoms with van der Waals surface area (Å²) in [7, 11) is 0. The molecule has 2 rings (SSSR count). The molecule has 1 heterocycles. The summed E-state index contributed by atoms with van der Waals surface area (Å²) in [5.41, 5.74) is 3.92. The SMILES string of the molecule is C=C(CC)Cn1ccc2cc(CNCC(C)C)ccc21. The molecule has 0 aliphatic heterocycles. The first-order valence-electron chi connectivity index (χ1n) is 7.55. The van der Waals surface area contributed by atoms with Gasteiger partial charge in [0.05, 0.1) is 0 Å². The van der Waals surface area contributed by atoms with E-state index in [1.807, 2.05) is 0 Å². The van der Waals surface area contributed by atoms with Crippen LogP contribution in [0.25, 0.3) is 10.9 Å². The van der Waals surface area contributed by atoms with Crippen molar-refractivity contribution < 1.29 is 0 Å². The van der Waals surface area contributed by atoms with E-state index in [1.54, 1.807) is 0 Å². The topological polar surface area (TPSA) is 17.0 Å². The van der Waals surface area contributed by atoms with Gasteiger partial charge < -0.3 is 9.88 Å². The van der Waals surface area contributed by atoms with Crippen molar-refractivity contribution in [3.8, 4) is 0 Å². The molecule has 0 fully saturated rings.